The van der Waals surface area contributed by atoms with Crippen molar-refractivity contribution in [1.82, 2.24) is 15.1 Å². The summed E-state index contributed by atoms with van der Waals surface area (Å²) in [6.45, 7) is 2.16. The van der Waals surface area contributed by atoms with Gasteiger partial charge in [-0.05, 0) is 38.0 Å². The Hall–Kier alpha value is -1.38. The minimum atomic E-state index is -3.36. The number of amides is 1. The average Bonchev–Trinajstić information content (AvgIpc) is 2.78. The van der Waals surface area contributed by atoms with Gasteiger partial charge in [0.1, 0.15) is 5.84 Å². The molecule has 4 aliphatic rings. The maximum absolute atomic E-state index is 13.0. The van der Waals surface area contributed by atoms with Crippen molar-refractivity contribution in [2.75, 3.05) is 25.4 Å². The summed E-state index contributed by atoms with van der Waals surface area (Å²) in [7, 11) is -3.36. The van der Waals surface area contributed by atoms with Gasteiger partial charge in [-0.1, -0.05) is 0 Å². The molecule has 1 amide bonds. The molecule has 2 bridgehead atoms. The van der Waals surface area contributed by atoms with Crippen molar-refractivity contribution in [2.24, 2.45) is 4.40 Å². The molecule has 2 unspecified atom stereocenters. The van der Waals surface area contributed by atoms with Crippen molar-refractivity contribution in [2.45, 2.75) is 31.3 Å². The van der Waals surface area contributed by atoms with Crippen LogP contribution in [0.2, 0.25) is 0 Å². The van der Waals surface area contributed by atoms with Crippen molar-refractivity contribution in [3.8, 4) is 0 Å². The molecule has 24 heavy (non-hydrogen) atoms. The minimum Gasteiger partial charge on any atom is -0.331 e. The van der Waals surface area contributed by atoms with Gasteiger partial charge in [0.15, 0.2) is 0 Å². The zero-order chi connectivity index (χ0) is 16.0. The smallest absolute Gasteiger partial charge is 0.256 e. The first-order valence-corrected chi connectivity index (χ1v) is 9.67. The summed E-state index contributed by atoms with van der Waals surface area (Å²) in [6.07, 6.45) is 8.18. The molecule has 0 aliphatic carbocycles. The van der Waals surface area contributed by atoms with E-state index in [9.17, 15) is 13.2 Å². The van der Waals surface area contributed by atoms with E-state index in [1.807, 2.05) is 4.90 Å². The molecule has 0 spiro atoms. The van der Waals surface area contributed by atoms with E-state index in [2.05, 4.69) is 9.71 Å². The van der Waals surface area contributed by atoms with Crippen molar-refractivity contribution < 1.29 is 13.2 Å². The molecule has 0 aromatic heterocycles. The van der Waals surface area contributed by atoms with Gasteiger partial charge in [0.2, 0.25) is 0 Å². The van der Waals surface area contributed by atoms with E-state index in [4.69, 9.17) is 0 Å². The molecule has 0 aromatic rings. The Morgan fingerprint density at radius 2 is 2.00 bits per heavy atom. The summed E-state index contributed by atoms with van der Waals surface area (Å²) in [5.74, 6) is 0.430. The Labute approximate surface area is 147 Å². The highest BCUT2D eigenvalue weighted by Gasteiger charge is 2.39. The molecule has 0 saturated carbocycles. The summed E-state index contributed by atoms with van der Waals surface area (Å²) >= 11 is 0. The van der Waals surface area contributed by atoms with Crippen LogP contribution in [0.3, 0.4) is 0 Å². The average molecular weight is 373 g/mol. The molecule has 2 saturated heterocycles. The summed E-state index contributed by atoms with van der Waals surface area (Å²) in [5, 5.41) is 3.39. The monoisotopic (exact) mass is 372 g/mol. The maximum atomic E-state index is 13.0. The Morgan fingerprint density at radius 1 is 1.21 bits per heavy atom. The lowest BCUT2D eigenvalue weighted by molar-refractivity contribution is -0.129. The van der Waals surface area contributed by atoms with Gasteiger partial charge in [0.05, 0.1) is 11.3 Å². The molecule has 7 nitrogen and oxygen atoms in total. The lowest BCUT2D eigenvalue weighted by Gasteiger charge is -2.31. The molecule has 9 heteroatoms. The molecule has 0 radical (unpaired) electrons. The lowest BCUT2D eigenvalue weighted by Crippen LogP contribution is -2.44. The number of amidine groups is 1. The Morgan fingerprint density at radius 3 is 2.83 bits per heavy atom. The predicted molar refractivity (Wildman–Crippen MR) is 93.5 cm³/mol. The number of nitrogens with zero attached hydrogens (tertiary/aromatic N) is 3. The first-order valence-electron chi connectivity index (χ1n) is 8.06. The van der Waals surface area contributed by atoms with E-state index in [-0.39, 0.29) is 30.1 Å². The van der Waals surface area contributed by atoms with E-state index in [1.54, 1.807) is 23.3 Å². The predicted octanol–water partition coefficient (Wildman–Crippen LogP) is 0.259. The Bertz CT molecular complexity index is 717. The van der Waals surface area contributed by atoms with Crippen LogP contribution in [0.4, 0.5) is 0 Å². The second-order valence-electron chi connectivity index (χ2n) is 6.44. The van der Waals surface area contributed by atoms with Crippen molar-refractivity contribution in [1.29, 1.82) is 0 Å². The highest BCUT2D eigenvalue weighted by atomic mass is 35.5. The van der Waals surface area contributed by atoms with E-state index < -0.39 is 10.0 Å². The van der Waals surface area contributed by atoms with E-state index >= 15 is 0 Å². The molecule has 2 atom stereocenters. The van der Waals surface area contributed by atoms with Crippen LogP contribution >= 0.6 is 12.4 Å². The van der Waals surface area contributed by atoms with Crippen LogP contribution in [0.5, 0.6) is 0 Å². The second-order valence-corrected chi connectivity index (χ2v) is 8.19. The molecule has 132 valence electrons. The summed E-state index contributed by atoms with van der Waals surface area (Å²) < 4.78 is 26.8. The third kappa shape index (κ3) is 3.10. The highest BCUT2D eigenvalue weighted by molar-refractivity contribution is 7.90. The topological polar surface area (TPSA) is 82.1 Å². The normalized spacial score (nSPS) is 30.7. The van der Waals surface area contributed by atoms with Gasteiger partial charge in [0.25, 0.3) is 15.9 Å². The summed E-state index contributed by atoms with van der Waals surface area (Å²) in [4.78, 5) is 16.7. The zero-order valence-electron chi connectivity index (χ0n) is 13.2. The van der Waals surface area contributed by atoms with Gasteiger partial charge < -0.3 is 15.1 Å². The van der Waals surface area contributed by atoms with Crippen molar-refractivity contribution in [3.63, 3.8) is 0 Å². The fourth-order valence-electron chi connectivity index (χ4n) is 3.79. The third-order valence-electron chi connectivity index (χ3n) is 4.96. The van der Waals surface area contributed by atoms with Gasteiger partial charge in [-0.15, -0.1) is 16.8 Å². The van der Waals surface area contributed by atoms with E-state index in [1.165, 1.54) is 0 Å². The molecule has 0 aromatic carbocycles. The lowest BCUT2D eigenvalue weighted by atomic mass is 10.1. The number of halogens is 1. The van der Waals surface area contributed by atoms with Crippen molar-refractivity contribution in [3.05, 3.63) is 23.9 Å². The number of nitrogens with one attached hydrogen (secondary N) is 1. The van der Waals surface area contributed by atoms with Gasteiger partial charge in [-0.3, -0.25) is 4.79 Å². The fraction of sp³-hybridized carbons (Fsp3) is 0.600. The number of carbonyl (C=O) groups is 1. The number of sulfonamides is 1. The second kappa shape index (κ2) is 6.50. The van der Waals surface area contributed by atoms with E-state index in [0.717, 1.165) is 32.4 Å². The van der Waals surface area contributed by atoms with Crippen LogP contribution in [-0.4, -0.2) is 67.4 Å². The molecule has 4 rings (SSSR count). The molecule has 4 heterocycles. The molecule has 1 N–H and O–H groups in total. The first-order chi connectivity index (χ1) is 11.0. The first kappa shape index (κ1) is 17.4. The largest absolute Gasteiger partial charge is 0.331 e. The van der Waals surface area contributed by atoms with Crippen LogP contribution in [0.15, 0.2) is 28.3 Å². The quantitative estimate of drug-likeness (QED) is 0.714. The number of carbonyl (C=O) groups excluding carboxylic acids is 1. The van der Waals surface area contributed by atoms with Gasteiger partial charge >= 0.3 is 0 Å². The Kier molecular flexibility index (Phi) is 4.72. The standard InChI is InChI=1S/C15H20N4O3S.ClH/c20-15(19-12-2-3-13(19)9-16-6-5-12)11-1-4-14-17-23(21,22)8-7-18(14)10-11;/h1,4,10,12-13,16H,2-3,5-9H2;1H. The van der Waals surface area contributed by atoms with Gasteiger partial charge in [0, 0.05) is 31.4 Å². The van der Waals surface area contributed by atoms with Crippen LogP contribution < -0.4 is 5.32 Å². The minimum absolute atomic E-state index is 0. The Balaban J connectivity index is 0.00000169. The van der Waals surface area contributed by atoms with Crippen LogP contribution in [-0.2, 0) is 14.8 Å². The highest BCUT2D eigenvalue weighted by Crippen LogP contribution is 2.30. The molecular formula is C15H21ClN4O3S. The zero-order valence-corrected chi connectivity index (χ0v) is 14.9. The number of rotatable bonds is 1. The molecule has 4 aliphatic heterocycles. The summed E-state index contributed by atoms with van der Waals surface area (Å²) in [6, 6.07) is 0.578. The summed E-state index contributed by atoms with van der Waals surface area (Å²) in [5.41, 5.74) is 0.613. The van der Waals surface area contributed by atoms with Crippen LogP contribution in [0, 0.1) is 0 Å². The van der Waals surface area contributed by atoms with Crippen LogP contribution in [0.25, 0.3) is 0 Å². The number of hydrogen-bond donors (Lipinski definition) is 1. The third-order valence-corrected chi connectivity index (χ3v) is 6.12. The van der Waals surface area contributed by atoms with Gasteiger partial charge in [-0.2, -0.15) is 0 Å². The number of hydrogen-bond acceptors (Lipinski definition) is 5. The SMILES string of the molecule is Cl.O=C(C1=CN2CCS(=O)(=O)N=C2C=C1)N1C2CCNCC1CC2. The number of fused-ring (bicyclic) bond motifs is 3. The molecule has 2 fully saturated rings. The van der Waals surface area contributed by atoms with Gasteiger partial charge in [-0.25, -0.2) is 8.42 Å². The van der Waals surface area contributed by atoms with Crippen LogP contribution in [0.1, 0.15) is 19.3 Å². The molecular weight excluding hydrogens is 352 g/mol. The fourth-order valence-corrected chi connectivity index (χ4v) is 4.76. The van der Waals surface area contributed by atoms with E-state index in [0.29, 0.717) is 24.0 Å². The van der Waals surface area contributed by atoms with Crippen molar-refractivity contribution >= 4 is 34.2 Å². The maximum Gasteiger partial charge on any atom is 0.256 e.